The Hall–Kier alpha value is -2.99. The van der Waals surface area contributed by atoms with Crippen molar-refractivity contribution in [3.8, 4) is 0 Å². The van der Waals surface area contributed by atoms with Crippen molar-refractivity contribution in [2.75, 3.05) is 25.0 Å². The number of fused-ring (bicyclic) bond motifs is 1. The highest BCUT2D eigenvalue weighted by Gasteiger charge is 2.28. The average molecular weight is 390 g/mol. The molecule has 1 aliphatic rings. The normalized spacial score (nSPS) is 17.4. The standard InChI is InChI=1S/C23H26N4O2/c1-15-7-5-11-21(24-15)26-23(29)17-8-6-12-27(13-17)14-20(28)22-16(2)25-19-10-4-3-9-18(19)22/h3-5,7,9-11,17,25H,6,8,12-14H2,1-2H3,(H,24,26,29). The lowest BCUT2D eigenvalue weighted by molar-refractivity contribution is -0.121. The zero-order valence-corrected chi connectivity index (χ0v) is 16.9. The summed E-state index contributed by atoms with van der Waals surface area (Å²) in [6, 6.07) is 13.5. The Morgan fingerprint density at radius 2 is 2.00 bits per heavy atom. The fourth-order valence-corrected chi connectivity index (χ4v) is 4.17. The number of carbonyl (C=O) groups excluding carboxylic acids is 2. The molecule has 29 heavy (non-hydrogen) atoms. The number of hydrogen-bond donors (Lipinski definition) is 2. The van der Waals surface area contributed by atoms with Crippen LogP contribution in [0.4, 0.5) is 5.82 Å². The molecule has 150 valence electrons. The molecule has 0 aliphatic carbocycles. The van der Waals surface area contributed by atoms with E-state index in [0.717, 1.165) is 47.2 Å². The molecule has 4 rings (SSSR count). The molecule has 1 amide bonds. The number of piperidine rings is 1. The van der Waals surface area contributed by atoms with Crippen molar-refractivity contribution >= 4 is 28.4 Å². The Morgan fingerprint density at radius 3 is 2.83 bits per heavy atom. The van der Waals surface area contributed by atoms with Crippen molar-refractivity contribution in [1.82, 2.24) is 14.9 Å². The lowest BCUT2D eigenvalue weighted by Crippen LogP contribution is -2.43. The van der Waals surface area contributed by atoms with Crippen LogP contribution >= 0.6 is 0 Å². The summed E-state index contributed by atoms with van der Waals surface area (Å²) >= 11 is 0. The first-order chi connectivity index (χ1) is 14.0. The van der Waals surface area contributed by atoms with Gasteiger partial charge < -0.3 is 10.3 Å². The summed E-state index contributed by atoms with van der Waals surface area (Å²) < 4.78 is 0. The van der Waals surface area contributed by atoms with Gasteiger partial charge in [0.2, 0.25) is 5.91 Å². The van der Waals surface area contributed by atoms with E-state index in [4.69, 9.17) is 0 Å². The van der Waals surface area contributed by atoms with E-state index in [1.807, 2.05) is 50.2 Å². The number of ketones is 1. The Bertz CT molecular complexity index is 1060. The monoisotopic (exact) mass is 390 g/mol. The smallest absolute Gasteiger partial charge is 0.229 e. The minimum absolute atomic E-state index is 0.0245. The first-order valence-corrected chi connectivity index (χ1v) is 10.1. The molecule has 1 aliphatic heterocycles. The fraction of sp³-hybridized carbons (Fsp3) is 0.348. The molecule has 1 aromatic carbocycles. The lowest BCUT2D eigenvalue weighted by Gasteiger charge is -2.31. The van der Waals surface area contributed by atoms with Gasteiger partial charge in [-0.1, -0.05) is 24.3 Å². The average Bonchev–Trinajstić information content (AvgIpc) is 3.04. The largest absolute Gasteiger partial charge is 0.358 e. The van der Waals surface area contributed by atoms with E-state index in [1.54, 1.807) is 6.07 Å². The van der Waals surface area contributed by atoms with Crippen LogP contribution in [0.15, 0.2) is 42.5 Å². The Labute approximate surface area is 170 Å². The van der Waals surface area contributed by atoms with Crippen molar-refractivity contribution in [3.05, 3.63) is 59.4 Å². The number of aryl methyl sites for hydroxylation is 2. The van der Waals surface area contributed by atoms with Gasteiger partial charge >= 0.3 is 0 Å². The number of para-hydroxylation sites is 1. The molecule has 1 atom stereocenters. The molecule has 0 saturated carbocycles. The van der Waals surface area contributed by atoms with Crippen molar-refractivity contribution in [3.63, 3.8) is 0 Å². The third-order valence-corrected chi connectivity index (χ3v) is 5.56. The van der Waals surface area contributed by atoms with Gasteiger partial charge in [0.1, 0.15) is 5.82 Å². The zero-order chi connectivity index (χ0) is 20.4. The highest BCUT2D eigenvalue weighted by molar-refractivity contribution is 6.10. The second-order valence-electron chi connectivity index (χ2n) is 7.82. The minimum Gasteiger partial charge on any atom is -0.358 e. The fourth-order valence-electron chi connectivity index (χ4n) is 4.17. The van der Waals surface area contributed by atoms with E-state index in [-0.39, 0.29) is 17.6 Å². The number of rotatable bonds is 5. The Morgan fingerprint density at radius 1 is 1.17 bits per heavy atom. The van der Waals surface area contributed by atoms with Crippen LogP contribution in [0.5, 0.6) is 0 Å². The second-order valence-corrected chi connectivity index (χ2v) is 7.82. The minimum atomic E-state index is -0.136. The van der Waals surface area contributed by atoms with E-state index in [9.17, 15) is 9.59 Å². The van der Waals surface area contributed by atoms with Gasteiger partial charge in [-0.15, -0.1) is 0 Å². The molecule has 2 aromatic heterocycles. The molecule has 6 nitrogen and oxygen atoms in total. The first kappa shape index (κ1) is 19.3. The second kappa shape index (κ2) is 8.17. The van der Waals surface area contributed by atoms with Crippen LogP contribution in [-0.2, 0) is 4.79 Å². The summed E-state index contributed by atoms with van der Waals surface area (Å²) in [7, 11) is 0. The number of likely N-dealkylation sites (tertiary alicyclic amines) is 1. The van der Waals surface area contributed by atoms with Crippen LogP contribution in [0.1, 0.15) is 34.6 Å². The topological polar surface area (TPSA) is 78.1 Å². The van der Waals surface area contributed by atoms with E-state index in [0.29, 0.717) is 18.9 Å². The SMILES string of the molecule is Cc1cccc(NC(=O)C2CCCN(CC(=O)c3c(C)[nH]c4ccccc34)C2)n1. The molecule has 0 bridgehead atoms. The number of pyridine rings is 1. The number of nitrogens with zero attached hydrogens (tertiary/aromatic N) is 2. The molecule has 0 spiro atoms. The van der Waals surface area contributed by atoms with Crippen LogP contribution in [0.2, 0.25) is 0 Å². The van der Waals surface area contributed by atoms with Gasteiger partial charge in [0.25, 0.3) is 0 Å². The third kappa shape index (κ3) is 4.22. The predicted molar refractivity (Wildman–Crippen MR) is 114 cm³/mol. The Balaban J connectivity index is 1.42. The third-order valence-electron chi connectivity index (χ3n) is 5.56. The first-order valence-electron chi connectivity index (χ1n) is 10.1. The van der Waals surface area contributed by atoms with Gasteiger partial charge in [-0.2, -0.15) is 0 Å². The maximum absolute atomic E-state index is 13.0. The number of aromatic amines is 1. The highest BCUT2D eigenvalue weighted by Crippen LogP contribution is 2.24. The summed E-state index contributed by atoms with van der Waals surface area (Å²) in [4.78, 5) is 35.5. The number of Topliss-reactive ketones (excluding diaryl/α,β-unsaturated/α-hetero) is 1. The summed E-state index contributed by atoms with van der Waals surface area (Å²) in [6.07, 6.45) is 1.73. The lowest BCUT2D eigenvalue weighted by atomic mass is 9.96. The quantitative estimate of drug-likeness (QED) is 0.651. The number of H-pyrrole nitrogens is 1. The maximum atomic E-state index is 13.0. The van der Waals surface area contributed by atoms with Gasteiger partial charge in [-0.05, 0) is 51.4 Å². The van der Waals surface area contributed by atoms with Crippen LogP contribution in [0.25, 0.3) is 10.9 Å². The number of amides is 1. The number of anilines is 1. The number of benzene rings is 1. The van der Waals surface area contributed by atoms with Crippen molar-refractivity contribution in [1.29, 1.82) is 0 Å². The molecule has 3 aromatic rings. The van der Waals surface area contributed by atoms with Gasteiger partial charge in [-0.3, -0.25) is 14.5 Å². The van der Waals surface area contributed by atoms with Gasteiger partial charge in [0, 0.05) is 34.4 Å². The summed E-state index contributed by atoms with van der Waals surface area (Å²) in [5.41, 5.74) is 3.51. The molecule has 3 heterocycles. The van der Waals surface area contributed by atoms with Crippen LogP contribution < -0.4 is 5.32 Å². The van der Waals surface area contributed by atoms with Crippen LogP contribution in [0.3, 0.4) is 0 Å². The number of aromatic nitrogens is 2. The molecule has 1 saturated heterocycles. The van der Waals surface area contributed by atoms with E-state index < -0.39 is 0 Å². The maximum Gasteiger partial charge on any atom is 0.229 e. The van der Waals surface area contributed by atoms with Crippen molar-refractivity contribution in [2.45, 2.75) is 26.7 Å². The molecule has 2 N–H and O–H groups in total. The summed E-state index contributed by atoms with van der Waals surface area (Å²) in [6.45, 7) is 5.59. The molecule has 1 fully saturated rings. The predicted octanol–water partition coefficient (Wildman–Crippen LogP) is 3.71. The van der Waals surface area contributed by atoms with Crippen LogP contribution in [0, 0.1) is 19.8 Å². The molecular weight excluding hydrogens is 364 g/mol. The summed E-state index contributed by atoms with van der Waals surface area (Å²) in [5, 5.41) is 3.89. The number of hydrogen-bond acceptors (Lipinski definition) is 4. The van der Waals surface area contributed by atoms with E-state index in [1.165, 1.54) is 0 Å². The molecule has 1 unspecified atom stereocenters. The van der Waals surface area contributed by atoms with Crippen LogP contribution in [-0.4, -0.2) is 46.2 Å². The zero-order valence-electron chi connectivity index (χ0n) is 16.9. The van der Waals surface area contributed by atoms with Gasteiger partial charge in [0.15, 0.2) is 5.78 Å². The van der Waals surface area contributed by atoms with E-state index >= 15 is 0 Å². The Kier molecular flexibility index (Phi) is 5.45. The highest BCUT2D eigenvalue weighted by atomic mass is 16.2. The van der Waals surface area contributed by atoms with Gasteiger partial charge in [-0.25, -0.2) is 4.98 Å². The summed E-state index contributed by atoms with van der Waals surface area (Å²) in [5.74, 6) is 0.519. The van der Waals surface area contributed by atoms with E-state index in [2.05, 4.69) is 20.2 Å². The molecule has 0 radical (unpaired) electrons. The number of nitrogens with one attached hydrogen (secondary N) is 2. The molecular formula is C23H26N4O2. The number of carbonyl (C=O) groups is 2. The van der Waals surface area contributed by atoms with Crippen molar-refractivity contribution in [2.24, 2.45) is 5.92 Å². The van der Waals surface area contributed by atoms with Crippen molar-refractivity contribution < 1.29 is 9.59 Å². The molecule has 6 heteroatoms. The van der Waals surface area contributed by atoms with Gasteiger partial charge in [0.05, 0.1) is 12.5 Å².